The lowest BCUT2D eigenvalue weighted by molar-refractivity contribution is 0.285. The van der Waals surface area contributed by atoms with Crippen LogP contribution in [0.2, 0.25) is 5.02 Å². The van der Waals surface area contributed by atoms with Crippen molar-refractivity contribution >= 4 is 38.9 Å². The van der Waals surface area contributed by atoms with Crippen LogP contribution < -0.4 is 0 Å². The largest absolute Gasteiger partial charge is 0.391 e. The van der Waals surface area contributed by atoms with Crippen LogP contribution in [-0.4, -0.2) is 5.11 Å². The summed E-state index contributed by atoms with van der Waals surface area (Å²) in [4.78, 5) is 0.881. The summed E-state index contributed by atoms with van der Waals surface area (Å²) in [5.41, 5.74) is 0. The fraction of sp³-hybridized carbons (Fsp3) is 0.200. The Kier molecular flexibility index (Phi) is 2.52. The van der Waals surface area contributed by atoms with E-state index >= 15 is 0 Å². The lowest BCUT2D eigenvalue weighted by Crippen LogP contribution is -1.69. The molecule has 1 N–H and O–H groups in total. The van der Waals surface area contributed by atoms with E-state index in [0.717, 1.165) is 8.66 Å². The summed E-state index contributed by atoms with van der Waals surface area (Å²) in [6, 6.07) is 1.75. The van der Waals surface area contributed by atoms with Crippen molar-refractivity contribution in [3.63, 3.8) is 0 Å². The van der Waals surface area contributed by atoms with Crippen molar-refractivity contribution in [2.75, 3.05) is 0 Å². The Morgan fingerprint density at radius 1 is 1.78 bits per heavy atom. The van der Waals surface area contributed by atoms with Gasteiger partial charge < -0.3 is 5.11 Å². The zero-order valence-electron chi connectivity index (χ0n) is 4.40. The molecule has 0 bridgehead atoms. The van der Waals surface area contributed by atoms with E-state index in [0.29, 0.717) is 5.02 Å². The molecule has 0 unspecified atom stereocenters. The van der Waals surface area contributed by atoms with Gasteiger partial charge in [-0.3, -0.25) is 0 Å². The second-order valence-electron chi connectivity index (χ2n) is 1.49. The van der Waals surface area contributed by atoms with Crippen molar-refractivity contribution in [3.8, 4) is 0 Å². The maximum atomic E-state index is 8.61. The molecule has 1 aromatic heterocycles. The minimum atomic E-state index is 0.0655. The Balaban J connectivity index is 2.98. The van der Waals surface area contributed by atoms with E-state index in [1.807, 2.05) is 0 Å². The Bertz CT molecular complexity index is 191. The van der Waals surface area contributed by atoms with Crippen molar-refractivity contribution in [2.24, 2.45) is 0 Å². The summed E-state index contributed by atoms with van der Waals surface area (Å²) in [7, 11) is 0. The molecular formula is C5H4BrClOS. The Morgan fingerprint density at radius 2 is 2.44 bits per heavy atom. The smallest absolute Gasteiger partial charge is 0.0888 e. The molecule has 1 aromatic rings. The number of aliphatic hydroxyl groups excluding tert-OH is 1. The van der Waals surface area contributed by atoms with E-state index in [9.17, 15) is 0 Å². The molecule has 1 nitrogen and oxygen atoms in total. The zero-order valence-corrected chi connectivity index (χ0v) is 7.55. The van der Waals surface area contributed by atoms with E-state index in [-0.39, 0.29) is 6.61 Å². The van der Waals surface area contributed by atoms with Crippen LogP contribution in [0.1, 0.15) is 4.88 Å². The molecule has 0 atom stereocenters. The first-order chi connectivity index (χ1) is 4.24. The van der Waals surface area contributed by atoms with E-state index in [1.54, 1.807) is 6.07 Å². The van der Waals surface area contributed by atoms with E-state index in [1.165, 1.54) is 11.3 Å². The van der Waals surface area contributed by atoms with Crippen molar-refractivity contribution in [2.45, 2.75) is 6.61 Å². The molecule has 0 radical (unpaired) electrons. The van der Waals surface area contributed by atoms with Crippen molar-refractivity contribution in [1.82, 2.24) is 0 Å². The van der Waals surface area contributed by atoms with Gasteiger partial charge in [-0.05, 0) is 22.0 Å². The van der Waals surface area contributed by atoms with Gasteiger partial charge >= 0.3 is 0 Å². The van der Waals surface area contributed by atoms with Gasteiger partial charge in [0.2, 0.25) is 0 Å². The van der Waals surface area contributed by atoms with Gasteiger partial charge in [0, 0.05) is 4.88 Å². The van der Waals surface area contributed by atoms with Gasteiger partial charge in [-0.1, -0.05) is 11.6 Å². The second kappa shape index (κ2) is 3.01. The molecule has 0 amide bonds. The van der Waals surface area contributed by atoms with Crippen LogP contribution in [-0.2, 0) is 6.61 Å². The third-order valence-electron chi connectivity index (χ3n) is 0.852. The first-order valence-electron chi connectivity index (χ1n) is 2.28. The van der Waals surface area contributed by atoms with Gasteiger partial charge in [0.25, 0.3) is 0 Å². The zero-order chi connectivity index (χ0) is 6.85. The molecule has 1 heterocycles. The van der Waals surface area contributed by atoms with Crippen LogP contribution >= 0.6 is 38.9 Å². The van der Waals surface area contributed by atoms with Crippen LogP contribution in [0.25, 0.3) is 0 Å². The average Bonchev–Trinajstić information content (AvgIpc) is 2.13. The predicted molar refractivity (Wildman–Crippen MR) is 43.0 cm³/mol. The van der Waals surface area contributed by atoms with Gasteiger partial charge in [-0.2, -0.15) is 0 Å². The number of hydrogen-bond donors (Lipinski definition) is 1. The van der Waals surface area contributed by atoms with Gasteiger partial charge in [0.1, 0.15) is 0 Å². The van der Waals surface area contributed by atoms with Crippen molar-refractivity contribution in [3.05, 3.63) is 19.8 Å². The van der Waals surface area contributed by atoms with E-state index in [4.69, 9.17) is 16.7 Å². The molecular weight excluding hydrogens is 223 g/mol. The van der Waals surface area contributed by atoms with Crippen molar-refractivity contribution in [1.29, 1.82) is 0 Å². The summed E-state index contributed by atoms with van der Waals surface area (Å²) < 4.78 is 0.883. The van der Waals surface area contributed by atoms with E-state index in [2.05, 4.69) is 15.9 Å². The number of halogens is 2. The topological polar surface area (TPSA) is 20.2 Å². The predicted octanol–water partition coefficient (Wildman–Crippen LogP) is 2.66. The van der Waals surface area contributed by atoms with Crippen LogP contribution in [0.4, 0.5) is 0 Å². The summed E-state index contributed by atoms with van der Waals surface area (Å²) in [6.45, 7) is 0.0655. The Hall–Kier alpha value is 0.430. The molecule has 0 fully saturated rings. The normalized spacial score (nSPS) is 10.1. The molecule has 9 heavy (non-hydrogen) atoms. The average molecular weight is 228 g/mol. The minimum Gasteiger partial charge on any atom is -0.391 e. The van der Waals surface area contributed by atoms with Gasteiger partial charge in [-0.15, -0.1) is 11.3 Å². The molecule has 0 spiro atoms. The minimum absolute atomic E-state index is 0.0655. The van der Waals surface area contributed by atoms with Crippen LogP contribution in [0.5, 0.6) is 0 Å². The van der Waals surface area contributed by atoms with Crippen LogP contribution in [0, 0.1) is 0 Å². The monoisotopic (exact) mass is 226 g/mol. The van der Waals surface area contributed by atoms with Crippen LogP contribution in [0.3, 0.4) is 0 Å². The first kappa shape index (κ1) is 7.54. The number of rotatable bonds is 1. The quantitative estimate of drug-likeness (QED) is 0.782. The SMILES string of the molecule is OCc1cc(Cl)c(Br)s1. The summed E-state index contributed by atoms with van der Waals surface area (Å²) in [5, 5.41) is 9.28. The van der Waals surface area contributed by atoms with Gasteiger partial charge in [0.15, 0.2) is 0 Å². The number of hydrogen-bond acceptors (Lipinski definition) is 2. The molecule has 0 aliphatic carbocycles. The molecule has 4 heteroatoms. The Labute approximate surface area is 70.4 Å². The molecule has 0 aliphatic heterocycles. The third-order valence-corrected chi connectivity index (χ3v) is 3.31. The van der Waals surface area contributed by atoms with Crippen molar-refractivity contribution < 1.29 is 5.11 Å². The maximum Gasteiger partial charge on any atom is 0.0888 e. The molecule has 50 valence electrons. The molecule has 0 saturated heterocycles. The summed E-state index contributed by atoms with van der Waals surface area (Å²) in [5.74, 6) is 0. The Morgan fingerprint density at radius 3 is 2.67 bits per heavy atom. The molecule has 0 saturated carbocycles. The van der Waals surface area contributed by atoms with Gasteiger partial charge in [-0.25, -0.2) is 0 Å². The highest BCUT2D eigenvalue weighted by Crippen LogP contribution is 2.31. The second-order valence-corrected chi connectivity index (χ2v) is 4.35. The number of aliphatic hydroxyl groups is 1. The fourth-order valence-corrected chi connectivity index (χ4v) is 2.15. The lowest BCUT2D eigenvalue weighted by Gasteiger charge is -1.79. The van der Waals surface area contributed by atoms with Crippen LogP contribution in [0.15, 0.2) is 9.85 Å². The highest BCUT2D eigenvalue weighted by Gasteiger charge is 2.01. The summed E-state index contributed by atoms with van der Waals surface area (Å²) >= 11 is 10.3. The standard InChI is InChI=1S/C5H4BrClOS/c6-5-4(7)1-3(2-8)9-5/h1,8H,2H2. The highest BCUT2D eigenvalue weighted by atomic mass is 79.9. The first-order valence-corrected chi connectivity index (χ1v) is 4.27. The lowest BCUT2D eigenvalue weighted by atomic mass is 10.5. The molecule has 0 aromatic carbocycles. The van der Waals surface area contributed by atoms with E-state index < -0.39 is 0 Å². The fourth-order valence-electron chi connectivity index (χ4n) is 0.469. The molecule has 0 aliphatic rings. The maximum absolute atomic E-state index is 8.61. The molecule has 1 rings (SSSR count). The third kappa shape index (κ3) is 1.67. The summed E-state index contributed by atoms with van der Waals surface area (Å²) in [6.07, 6.45) is 0. The highest BCUT2D eigenvalue weighted by molar-refractivity contribution is 9.11. The number of thiophene rings is 1. The van der Waals surface area contributed by atoms with Gasteiger partial charge in [0.05, 0.1) is 15.4 Å².